The largest absolute Gasteiger partial charge is 0.392 e. The molecule has 5 heteroatoms. The lowest BCUT2D eigenvalue weighted by Gasteiger charge is -2.17. The van der Waals surface area contributed by atoms with Crippen LogP contribution in [0.5, 0.6) is 0 Å². The Kier molecular flexibility index (Phi) is 4.45. The van der Waals surface area contributed by atoms with Crippen molar-refractivity contribution in [2.24, 2.45) is 0 Å². The number of aliphatic hydroxyl groups is 1. The third-order valence-electron chi connectivity index (χ3n) is 2.64. The Bertz CT molecular complexity index is 508. The molecule has 0 saturated heterocycles. The Morgan fingerprint density at radius 3 is 2.65 bits per heavy atom. The minimum atomic E-state index is -3.51. The molecule has 0 atom stereocenters. The molecule has 1 aromatic carbocycles. The molecule has 0 radical (unpaired) electrons. The minimum absolute atomic E-state index is 0.166. The second kappa shape index (κ2) is 5.44. The topological polar surface area (TPSA) is 57.6 Å². The molecule has 94 valence electrons. The minimum Gasteiger partial charge on any atom is -0.392 e. The van der Waals surface area contributed by atoms with Crippen LogP contribution < -0.4 is 0 Å². The molecule has 1 aromatic rings. The molecule has 0 heterocycles. The van der Waals surface area contributed by atoms with Gasteiger partial charge in [-0.2, -0.15) is 4.31 Å². The van der Waals surface area contributed by atoms with Crippen LogP contribution in [0.2, 0.25) is 0 Å². The van der Waals surface area contributed by atoms with Gasteiger partial charge in [-0.05, 0) is 24.1 Å². The molecule has 0 amide bonds. The molecule has 0 aliphatic carbocycles. The van der Waals surface area contributed by atoms with Gasteiger partial charge in [0.25, 0.3) is 0 Å². The molecule has 0 spiro atoms. The van der Waals surface area contributed by atoms with E-state index in [2.05, 4.69) is 6.58 Å². The lowest BCUT2D eigenvalue weighted by molar-refractivity contribution is 0.280. The second-order valence-corrected chi connectivity index (χ2v) is 5.79. The van der Waals surface area contributed by atoms with Gasteiger partial charge >= 0.3 is 0 Å². The van der Waals surface area contributed by atoms with Gasteiger partial charge in [0, 0.05) is 13.6 Å². The fourth-order valence-corrected chi connectivity index (χ4v) is 2.96. The molecule has 0 aromatic heterocycles. The number of benzene rings is 1. The maximum absolute atomic E-state index is 12.2. The molecule has 4 nitrogen and oxygen atoms in total. The number of aliphatic hydroxyl groups excluding tert-OH is 1. The third kappa shape index (κ3) is 2.74. The molecule has 1 N–H and O–H groups in total. The summed E-state index contributed by atoms with van der Waals surface area (Å²) in [5.74, 6) is 0. The van der Waals surface area contributed by atoms with E-state index in [1.165, 1.54) is 17.4 Å². The summed E-state index contributed by atoms with van der Waals surface area (Å²) in [4.78, 5) is 0.230. The highest BCUT2D eigenvalue weighted by Crippen LogP contribution is 2.21. The Morgan fingerprint density at radius 1 is 1.47 bits per heavy atom. The van der Waals surface area contributed by atoms with Crippen molar-refractivity contribution in [3.63, 3.8) is 0 Å². The van der Waals surface area contributed by atoms with Crippen molar-refractivity contribution >= 4 is 10.0 Å². The number of hydrogen-bond donors (Lipinski definition) is 1. The smallest absolute Gasteiger partial charge is 0.243 e. The van der Waals surface area contributed by atoms with Gasteiger partial charge in [0.2, 0.25) is 10.0 Å². The summed E-state index contributed by atoms with van der Waals surface area (Å²) in [5, 5.41) is 9.13. The van der Waals surface area contributed by atoms with Crippen LogP contribution in [0.15, 0.2) is 35.7 Å². The van der Waals surface area contributed by atoms with Crippen LogP contribution in [0.25, 0.3) is 0 Å². The second-order valence-electron chi connectivity index (χ2n) is 3.77. The van der Waals surface area contributed by atoms with Crippen molar-refractivity contribution in [1.29, 1.82) is 0 Å². The predicted octanol–water partition coefficient (Wildman–Crippen LogP) is 1.29. The van der Waals surface area contributed by atoms with Crippen LogP contribution in [-0.4, -0.2) is 31.4 Å². The molecule has 1 rings (SSSR count). The number of likely N-dealkylation sites (N-methyl/N-ethyl adjacent to an activating group) is 1. The average Bonchev–Trinajstić information content (AvgIpc) is 2.29. The van der Waals surface area contributed by atoms with Gasteiger partial charge in [0.15, 0.2) is 0 Å². The molecule has 0 bridgehead atoms. The van der Waals surface area contributed by atoms with E-state index in [1.54, 1.807) is 25.1 Å². The van der Waals surface area contributed by atoms with E-state index in [1.807, 2.05) is 0 Å². The molecular weight excluding hydrogens is 238 g/mol. The summed E-state index contributed by atoms with van der Waals surface area (Å²) < 4.78 is 25.6. The number of rotatable bonds is 5. The number of nitrogens with zero attached hydrogens (tertiary/aromatic N) is 1. The van der Waals surface area contributed by atoms with Gasteiger partial charge in [-0.1, -0.05) is 18.2 Å². The zero-order valence-corrected chi connectivity index (χ0v) is 10.9. The summed E-state index contributed by atoms with van der Waals surface area (Å²) in [6, 6.07) is 4.89. The molecule has 0 fully saturated rings. The maximum atomic E-state index is 12.2. The first-order valence-electron chi connectivity index (χ1n) is 5.21. The van der Waals surface area contributed by atoms with Crippen LogP contribution >= 0.6 is 0 Å². The Labute approximate surface area is 102 Å². The average molecular weight is 255 g/mol. The normalized spacial score (nSPS) is 11.8. The van der Waals surface area contributed by atoms with Crippen molar-refractivity contribution in [2.45, 2.75) is 18.4 Å². The fraction of sp³-hybridized carbons (Fsp3) is 0.333. The fourth-order valence-electron chi connectivity index (χ4n) is 1.56. The molecule has 0 saturated carbocycles. The maximum Gasteiger partial charge on any atom is 0.243 e. The van der Waals surface area contributed by atoms with Crippen molar-refractivity contribution in [2.75, 3.05) is 13.6 Å². The zero-order valence-electron chi connectivity index (χ0n) is 10.0. The molecule has 0 aliphatic heterocycles. The van der Waals surface area contributed by atoms with E-state index in [0.717, 1.165) is 0 Å². The van der Waals surface area contributed by atoms with Crippen molar-refractivity contribution in [1.82, 2.24) is 4.31 Å². The number of hydrogen-bond acceptors (Lipinski definition) is 3. The van der Waals surface area contributed by atoms with Gasteiger partial charge in [-0.3, -0.25) is 0 Å². The summed E-state index contributed by atoms with van der Waals surface area (Å²) >= 11 is 0. The highest BCUT2D eigenvalue weighted by atomic mass is 32.2. The van der Waals surface area contributed by atoms with E-state index in [9.17, 15) is 8.42 Å². The van der Waals surface area contributed by atoms with Crippen LogP contribution in [0.3, 0.4) is 0 Å². The van der Waals surface area contributed by atoms with Gasteiger partial charge in [-0.15, -0.1) is 6.58 Å². The third-order valence-corrected chi connectivity index (χ3v) is 4.61. The van der Waals surface area contributed by atoms with E-state index < -0.39 is 10.0 Å². The molecule has 17 heavy (non-hydrogen) atoms. The number of sulfonamides is 1. The first kappa shape index (κ1) is 13.9. The lowest BCUT2D eigenvalue weighted by atomic mass is 10.1. The quantitative estimate of drug-likeness (QED) is 0.807. The van der Waals surface area contributed by atoms with Crippen LogP contribution in [0.1, 0.15) is 11.1 Å². The van der Waals surface area contributed by atoms with Gasteiger partial charge in [0.05, 0.1) is 11.5 Å². The van der Waals surface area contributed by atoms with E-state index >= 15 is 0 Å². The predicted molar refractivity (Wildman–Crippen MR) is 67.1 cm³/mol. The van der Waals surface area contributed by atoms with Crippen molar-refractivity contribution in [3.05, 3.63) is 42.0 Å². The molecule has 0 unspecified atom stereocenters. The Balaban J connectivity index is 3.29. The van der Waals surface area contributed by atoms with Gasteiger partial charge in [0.1, 0.15) is 0 Å². The molecule has 0 aliphatic rings. The first-order chi connectivity index (χ1) is 7.95. The summed E-state index contributed by atoms with van der Waals surface area (Å²) in [6.07, 6.45) is 1.53. The van der Waals surface area contributed by atoms with E-state index in [-0.39, 0.29) is 18.0 Å². The monoisotopic (exact) mass is 255 g/mol. The Hall–Kier alpha value is -1.17. The SMILES string of the molecule is C=CCN(C)S(=O)(=O)c1cccc(CO)c1C. The molecular formula is C12H17NO3S. The van der Waals surface area contributed by atoms with Gasteiger partial charge in [-0.25, -0.2) is 8.42 Å². The highest BCUT2D eigenvalue weighted by molar-refractivity contribution is 7.89. The summed E-state index contributed by atoms with van der Waals surface area (Å²) in [5.41, 5.74) is 1.21. The van der Waals surface area contributed by atoms with Crippen LogP contribution in [0.4, 0.5) is 0 Å². The standard InChI is InChI=1S/C12H17NO3S/c1-4-8-13(3)17(15,16)12-7-5-6-11(9-14)10(12)2/h4-7,14H,1,8-9H2,2-3H3. The first-order valence-corrected chi connectivity index (χ1v) is 6.65. The summed E-state index contributed by atoms with van der Waals surface area (Å²) in [6.45, 7) is 5.30. The highest BCUT2D eigenvalue weighted by Gasteiger charge is 2.22. The lowest BCUT2D eigenvalue weighted by Crippen LogP contribution is -2.27. The zero-order chi connectivity index (χ0) is 13.1. The van der Waals surface area contributed by atoms with E-state index in [4.69, 9.17) is 5.11 Å². The van der Waals surface area contributed by atoms with Crippen LogP contribution in [-0.2, 0) is 16.6 Å². The summed E-state index contributed by atoms with van der Waals surface area (Å²) in [7, 11) is -2.01. The van der Waals surface area contributed by atoms with Crippen molar-refractivity contribution in [3.8, 4) is 0 Å². The Morgan fingerprint density at radius 2 is 2.12 bits per heavy atom. The van der Waals surface area contributed by atoms with Crippen molar-refractivity contribution < 1.29 is 13.5 Å². The van der Waals surface area contributed by atoms with Gasteiger partial charge < -0.3 is 5.11 Å². The van der Waals surface area contributed by atoms with E-state index in [0.29, 0.717) is 11.1 Å². The van der Waals surface area contributed by atoms with Crippen LogP contribution in [0, 0.1) is 6.92 Å².